The van der Waals surface area contributed by atoms with Crippen LogP contribution >= 0.6 is 0 Å². The number of carbonyl (C=O) groups excluding carboxylic acids is 2. The predicted octanol–water partition coefficient (Wildman–Crippen LogP) is 1.39. The number of aliphatic hydroxyl groups excluding tert-OH is 1. The highest BCUT2D eigenvalue weighted by molar-refractivity contribution is 5.83. The van der Waals surface area contributed by atoms with Crippen molar-refractivity contribution >= 4 is 11.8 Å². The van der Waals surface area contributed by atoms with Gasteiger partial charge in [-0.3, -0.25) is 9.59 Å². The summed E-state index contributed by atoms with van der Waals surface area (Å²) in [7, 11) is 1.57. The topological polar surface area (TPSA) is 96.9 Å². The van der Waals surface area contributed by atoms with Gasteiger partial charge in [-0.05, 0) is 25.0 Å². The van der Waals surface area contributed by atoms with Gasteiger partial charge < -0.3 is 25.2 Å². The van der Waals surface area contributed by atoms with Crippen molar-refractivity contribution in [3.05, 3.63) is 24.3 Å². The minimum absolute atomic E-state index is 0.0512. The molecule has 0 heterocycles. The summed E-state index contributed by atoms with van der Waals surface area (Å²) in [4.78, 5) is 23.6. The van der Waals surface area contributed by atoms with Crippen molar-refractivity contribution < 1.29 is 24.2 Å². The monoisotopic (exact) mass is 364 g/mol. The molecule has 0 spiro atoms. The zero-order chi connectivity index (χ0) is 18.8. The SMILES string of the molecule is COc1cccc(OC[C@H](O)CNC(=O)CCC(=O)NC2CCCC2)c1. The third-order valence-electron chi connectivity index (χ3n) is 4.32. The molecule has 1 atom stereocenters. The largest absolute Gasteiger partial charge is 0.497 e. The number of carbonyl (C=O) groups is 2. The molecule has 7 nitrogen and oxygen atoms in total. The molecule has 0 unspecified atom stereocenters. The fourth-order valence-corrected chi connectivity index (χ4v) is 2.86. The number of benzene rings is 1. The predicted molar refractivity (Wildman–Crippen MR) is 97.1 cm³/mol. The van der Waals surface area contributed by atoms with Crippen LogP contribution in [0.25, 0.3) is 0 Å². The van der Waals surface area contributed by atoms with E-state index in [2.05, 4.69) is 10.6 Å². The Labute approximate surface area is 154 Å². The van der Waals surface area contributed by atoms with Gasteiger partial charge in [-0.2, -0.15) is 0 Å². The van der Waals surface area contributed by atoms with E-state index in [1.807, 2.05) is 0 Å². The third kappa shape index (κ3) is 7.31. The molecular formula is C19H28N2O5. The van der Waals surface area contributed by atoms with Gasteiger partial charge in [0, 0.05) is 31.5 Å². The molecule has 3 N–H and O–H groups in total. The van der Waals surface area contributed by atoms with E-state index in [0.29, 0.717) is 11.5 Å². The van der Waals surface area contributed by atoms with E-state index in [9.17, 15) is 14.7 Å². The highest BCUT2D eigenvalue weighted by Crippen LogP contribution is 2.19. The van der Waals surface area contributed by atoms with Crippen molar-refractivity contribution in [2.24, 2.45) is 0 Å². The van der Waals surface area contributed by atoms with Crippen molar-refractivity contribution in [1.29, 1.82) is 0 Å². The second-order valence-corrected chi connectivity index (χ2v) is 6.50. The summed E-state index contributed by atoms with van der Waals surface area (Å²) in [5.41, 5.74) is 0. The van der Waals surface area contributed by atoms with Gasteiger partial charge in [0.2, 0.25) is 11.8 Å². The van der Waals surface area contributed by atoms with E-state index in [4.69, 9.17) is 9.47 Å². The van der Waals surface area contributed by atoms with Crippen LogP contribution in [0.3, 0.4) is 0 Å². The van der Waals surface area contributed by atoms with E-state index < -0.39 is 6.10 Å². The Morgan fingerprint density at radius 1 is 1.19 bits per heavy atom. The molecule has 26 heavy (non-hydrogen) atoms. The maximum absolute atomic E-state index is 11.8. The molecule has 1 aliphatic rings. The van der Waals surface area contributed by atoms with Crippen LogP contribution in [0.2, 0.25) is 0 Å². The van der Waals surface area contributed by atoms with Crippen molar-refractivity contribution in [3.63, 3.8) is 0 Å². The van der Waals surface area contributed by atoms with E-state index >= 15 is 0 Å². The molecule has 1 saturated carbocycles. The van der Waals surface area contributed by atoms with Crippen LogP contribution in [-0.2, 0) is 9.59 Å². The Hall–Kier alpha value is -2.28. The van der Waals surface area contributed by atoms with Crippen molar-refractivity contribution in [2.75, 3.05) is 20.3 Å². The number of methoxy groups -OCH3 is 1. The number of hydrogen-bond donors (Lipinski definition) is 3. The summed E-state index contributed by atoms with van der Waals surface area (Å²) >= 11 is 0. The first-order valence-corrected chi connectivity index (χ1v) is 9.08. The zero-order valence-electron chi connectivity index (χ0n) is 15.2. The Kier molecular flexibility index (Phi) is 8.21. The lowest BCUT2D eigenvalue weighted by molar-refractivity contribution is -0.127. The second kappa shape index (κ2) is 10.7. The van der Waals surface area contributed by atoms with Crippen LogP contribution in [-0.4, -0.2) is 49.3 Å². The van der Waals surface area contributed by atoms with Gasteiger partial charge in [0.05, 0.1) is 7.11 Å². The van der Waals surface area contributed by atoms with Crippen LogP contribution in [0.4, 0.5) is 0 Å². The molecule has 1 aromatic rings. The lowest BCUT2D eigenvalue weighted by atomic mass is 10.2. The number of hydrogen-bond acceptors (Lipinski definition) is 5. The maximum atomic E-state index is 11.8. The first kappa shape index (κ1) is 20.0. The summed E-state index contributed by atoms with van der Waals surface area (Å²) in [6.07, 6.45) is 3.80. The van der Waals surface area contributed by atoms with Crippen LogP contribution in [0.5, 0.6) is 11.5 Å². The Balaban J connectivity index is 1.58. The third-order valence-corrected chi connectivity index (χ3v) is 4.32. The van der Waals surface area contributed by atoms with Crippen LogP contribution in [0, 0.1) is 0 Å². The smallest absolute Gasteiger partial charge is 0.220 e. The van der Waals surface area contributed by atoms with E-state index in [1.54, 1.807) is 31.4 Å². The lowest BCUT2D eigenvalue weighted by Gasteiger charge is -2.14. The quantitative estimate of drug-likeness (QED) is 0.583. The van der Waals surface area contributed by atoms with Gasteiger partial charge in [-0.25, -0.2) is 0 Å². The lowest BCUT2D eigenvalue weighted by Crippen LogP contribution is -2.37. The van der Waals surface area contributed by atoms with Gasteiger partial charge in [0.25, 0.3) is 0 Å². The molecule has 1 aliphatic carbocycles. The van der Waals surface area contributed by atoms with E-state index in [-0.39, 0.29) is 43.8 Å². The number of aliphatic hydroxyl groups is 1. The normalized spacial score (nSPS) is 15.3. The minimum Gasteiger partial charge on any atom is -0.497 e. The zero-order valence-corrected chi connectivity index (χ0v) is 15.2. The van der Waals surface area contributed by atoms with Crippen molar-refractivity contribution in [2.45, 2.75) is 50.7 Å². The summed E-state index contributed by atoms with van der Waals surface area (Å²) in [5, 5.41) is 15.5. The molecule has 0 radical (unpaired) electrons. The Bertz CT molecular complexity index is 587. The molecule has 1 aromatic carbocycles. The average molecular weight is 364 g/mol. The summed E-state index contributed by atoms with van der Waals surface area (Å²) < 4.78 is 10.6. The summed E-state index contributed by atoms with van der Waals surface area (Å²) in [5.74, 6) is 0.903. The average Bonchev–Trinajstić information content (AvgIpc) is 3.16. The molecule has 2 rings (SSSR count). The molecule has 7 heteroatoms. The molecule has 0 bridgehead atoms. The standard InChI is InChI=1S/C19H28N2O5/c1-25-16-7-4-8-17(11-16)26-13-15(22)12-20-18(23)9-10-19(24)21-14-5-2-3-6-14/h4,7-8,11,14-15,22H,2-3,5-6,9-10,12-13H2,1H3,(H,20,23)(H,21,24)/t15-/m1/s1. The van der Waals surface area contributed by atoms with Gasteiger partial charge in [0.15, 0.2) is 0 Å². The van der Waals surface area contributed by atoms with E-state index in [1.165, 1.54) is 0 Å². The van der Waals surface area contributed by atoms with Gasteiger partial charge in [-0.1, -0.05) is 18.9 Å². The highest BCUT2D eigenvalue weighted by Gasteiger charge is 2.17. The minimum atomic E-state index is -0.836. The fourth-order valence-electron chi connectivity index (χ4n) is 2.86. The van der Waals surface area contributed by atoms with Gasteiger partial charge >= 0.3 is 0 Å². The van der Waals surface area contributed by atoms with Gasteiger partial charge in [0.1, 0.15) is 24.2 Å². The van der Waals surface area contributed by atoms with Crippen molar-refractivity contribution in [1.82, 2.24) is 10.6 Å². The van der Waals surface area contributed by atoms with Gasteiger partial charge in [-0.15, -0.1) is 0 Å². The summed E-state index contributed by atoms with van der Waals surface area (Å²) in [6.45, 7) is 0.128. The number of nitrogens with one attached hydrogen (secondary N) is 2. The van der Waals surface area contributed by atoms with Crippen molar-refractivity contribution in [3.8, 4) is 11.5 Å². The number of ether oxygens (including phenoxy) is 2. The van der Waals surface area contributed by atoms with Crippen LogP contribution in [0.15, 0.2) is 24.3 Å². The first-order chi connectivity index (χ1) is 12.6. The maximum Gasteiger partial charge on any atom is 0.220 e. The molecule has 0 aliphatic heterocycles. The molecule has 144 valence electrons. The fraction of sp³-hybridized carbons (Fsp3) is 0.579. The molecule has 0 saturated heterocycles. The molecule has 1 fully saturated rings. The Morgan fingerprint density at radius 3 is 2.62 bits per heavy atom. The second-order valence-electron chi connectivity index (χ2n) is 6.50. The van der Waals surface area contributed by atoms with Crippen LogP contribution < -0.4 is 20.1 Å². The molecule has 0 aromatic heterocycles. The molecular weight excluding hydrogens is 336 g/mol. The Morgan fingerprint density at radius 2 is 1.88 bits per heavy atom. The summed E-state index contributed by atoms with van der Waals surface area (Å²) in [6, 6.07) is 7.33. The number of amides is 2. The number of rotatable bonds is 10. The highest BCUT2D eigenvalue weighted by atomic mass is 16.5. The van der Waals surface area contributed by atoms with Crippen LogP contribution in [0.1, 0.15) is 38.5 Å². The van der Waals surface area contributed by atoms with E-state index in [0.717, 1.165) is 25.7 Å². The first-order valence-electron chi connectivity index (χ1n) is 9.08. The molecule has 2 amide bonds.